The van der Waals surface area contributed by atoms with Gasteiger partial charge in [0.15, 0.2) is 6.61 Å². The fourth-order valence-electron chi connectivity index (χ4n) is 2.23. The molecule has 0 spiro atoms. The third-order valence-electron chi connectivity index (χ3n) is 3.94. The van der Waals surface area contributed by atoms with Gasteiger partial charge in [0.25, 0.3) is 11.8 Å². The number of hydrogen-bond donors (Lipinski definition) is 3. The molecule has 0 bridgehead atoms. The molecular weight excluding hydrogens is 441 g/mol. The molecular formula is C21H22FN3O6S. The fraction of sp³-hybridized carbons (Fsp3) is 0.238. The molecule has 0 aliphatic heterocycles. The van der Waals surface area contributed by atoms with Crippen molar-refractivity contribution in [3.05, 3.63) is 59.9 Å². The van der Waals surface area contributed by atoms with Gasteiger partial charge >= 0.3 is 5.97 Å². The van der Waals surface area contributed by atoms with Crippen LogP contribution in [0.25, 0.3) is 0 Å². The normalized spacial score (nSPS) is 11.1. The second-order valence-electron chi connectivity index (χ2n) is 6.35. The van der Waals surface area contributed by atoms with Gasteiger partial charge in [-0.05, 0) is 55.5 Å². The number of nitrogens with one attached hydrogen (secondary N) is 3. The molecule has 170 valence electrons. The summed E-state index contributed by atoms with van der Waals surface area (Å²) in [6.45, 7) is 0.927. The van der Waals surface area contributed by atoms with E-state index < -0.39 is 35.5 Å². The summed E-state index contributed by atoms with van der Waals surface area (Å²) in [7, 11) is 1.50. The van der Waals surface area contributed by atoms with Gasteiger partial charge in [-0.3, -0.25) is 30.0 Å². The molecule has 32 heavy (non-hydrogen) atoms. The Morgan fingerprint density at radius 3 is 2.25 bits per heavy atom. The molecule has 2 aromatic rings. The second kappa shape index (κ2) is 12.3. The van der Waals surface area contributed by atoms with Crippen LogP contribution in [0.15, 0.2) is 48.5 Å². The van der Waals surface area contributed by atoms with E-state index >= 15 is 0 Å². The molecule has 2 rings (SSSR count). The summed E-state index contributed by atoms with van der Waals surface area (Å²) in [4.78, 5) is 47.6. The molecule has 0 aromatic heterocycles. The molecule has 0 saturated heterocycles. The summed E-state index contributed by atoms with van der Waals surface area (Å²) in [5.41, 5.74) is 5.07. The molecule has 9 nitrogen and oxygen atoms in total. The smallest absolute Gasteiger partial charge is 0.319 e. The standard InChI is InChI=1S/C21H22FN3O6S/c1-13(32-12-19(27)23-16-7-5-15(22)6-8-16)21(29)31-11-18(26)24-25-20(28)14-3-9-17(30-2)10-4-14/h3-10,13H,11-12H2,1-2H3,(H,23,27)(H,24,26)(H,25,28). The highest BCUT2D eigenvalue weighted by Gasteiger charge is 2.18. The summed E-state index contributed by atoms with van der Waals surface area (Å²) in [5, 5.41) is 1.86. The maximum atomic E-state index is 12.9. The van der Waals surface area contributed by atoms with Crippen molar-refractivity contribution >= 4 is 41.1 Å². The largest absolute Gasteiger partial charge is 0.497 e. The number of esters is 1. The Labute approximate surface area is 188 Å². The van der Waals surface area contributed by atoms with Crippen LogP contribution in [-0.2, 0) is 19.1 Å². The van der Waals surface area contributed by atoms with Gasteiger partial charge in [-0.25, -0.2) is 4.39 Å². The van der Waals surface area contributed by atoms with Crippen LogP contribution in [0.1, 0.15) is 17.3 Å². The molecule has 3 N–H and O–H groups in total. The van der Waals surface area contributed by atoms with E-state index in [1.165, 1.54) is 50.4 Å². The van der Waals surface area contributed by atoms with Crippen LogP contribution in [-0.4, -0.2) is 48.4 Å². The average molecular weight is 463 g/mol. The first-order valence-electron chi connectivity index (χ1n) is 9.35. The monoisotopic (exact) mass is 463 g/mol. The third-order valence-corrected chi connectivity index (χ3v) is 5.06. The van der Waals surface area contributed by atoms with Crippen molar-refractivity contribution in [3.8, 4) is 5.75 Å². The number of carbonyl (C=O) groups is 4. The summed E-state index contributed by atoms with van der Waals surface area (Å²) >= 11 is 1.01. The van der Waals surface area contributed by atoms with Crippen LogP contribution in [0.4, 0.5) is 10.1 Å². The lowest BCUT2D eigenvalue weighted by Gasteiger charge is -2.12. The SMILES string of the molecule is COc1ccc(C(=O)NNC(=O)COC(=O)C(C)SCC(=O)Nc2ccc(F)cc2)cc1. The molecule has 0 saturated carbocycles. The van der Waals surface area contributed by atoms with Crippen LogP contribution in [0.2, 0.25) is 0 Å². The van der Waals surface area contributed by atoms with Crippen molar-refractivity contribution in [1.82, 2.24) is 10.9 Å². The van der Waals surface area contributed by atoms with Crippen LogP contribution in [0.5, 0.6) is 5.75 Å². The van der Waals surface area contributed by atoms with Gasteiger partial charge in [0, 0.05) is 11.3 Å². The van der Waals surface area contributed by atoms with E-state index in [1.54, 1.807) is 12.1 Å². The van der Waals surface area contributed by atoms with Gasteiger partial charge in [-0.2, -0.15) is 0 Å². The maximum absolute atomic E-state index is 12.9. The summed E-state index contributed by atoms with van der Waals surface area (Å²) < 4.78 is 22.7. The van der Waals surface area contributed by atoms with Crippen molar-refractivity contribution in [2.24, 2.45) is 0 Å². The third kappa shape index (κ3) is 8.26. The minimum Gasteiger partial charge on any atom is -0.497 e. The first-order valence-corrected chi connectivity index (χ1v) is 10.4. The summed E-state index contributed by atoms with van der Waals surface area (Å²) in [6.07, 6.45) is 0. The first kappa shape index (κ1) is 24.7. The van der Waals surface area contributed by atoms with Crippen molar-refractivity contribution in [1.29, 1.82) is 0 Å². The molecule has 0 aliphatic carbocycles. The Balaban J connectivity index is 1.65. The first-order chi connectivity index (χ1) is 15.3. The number of ether oxygens (including phenoxy) is 2. The zero-order valence-electron chi connectivity index (χ0n) is 17.3. The number of methoxy groups -OCH3 is 1. The molecule has 0 fully saturated rings. The number of anilines is 1. The minimum atomic E-state index is -0.730. The van der Waals surface area contributed by atoms with E-state index in [-0.39, 0.29) is 11.7 Å². The predicted molar refractivity (Wildman–Crippen MR) is 117 cm³/mol. The molecule has 3 amide bonds. The van der Waals surface area contributed by atoms with Crippen LogP contribution >= 0.6 is 11.8 Å². The number of halogens is 1. The Kier molecular flexibility index (Phi) is 9.48. The lowest BCUT2D eigenvalue weighted by Crippen LogP contribution is -2.43. The number of rotatable bonds is 9. The van der Waals surface area contributed by atoms with Crippen molar-refractivity contribution in [2.75, 3.05) is 24.8 Å². The van der Waals surface area contributed by atoms with E-state index in [9.17, 15) is 23.6 Å². The zero-order chi connectivity index (χ0) is 23.5. The number of thioether (sulfide) groups is 1. The fourth-order valence-corrected chi connectivity index (χ4v) is 2.91. The predicted octanol–water partition coefficient (Wildman–Crippen LogP) is 1.90. The highest BCUT2D eigenvalue weighted by molar-refractivity contribution is 8.01. The molecule has 0 aliphatic rings. The Morgan fingerprint density at radius 1 is 0.969 bits per heavy atom. The van der Waals surface area contributed by atoms with E-state index in [0.29, 0.717) is 17.0 Å². The van der Waals surface area contributed by atoms with Gasteiger partial charge < -0.3 is 14.8 Å². The zero-order valence-corrected chi connectivity index (χ0v) is 18.2. The quantitative estimate of drug-likeness (QED) is 0.383. The van der Waals surface area contributed by atoms with Gasteiger partial charge in [-0.1, -0.05) is 0 Å². The second-order valence-corrected chi connectivity index (χ2v) is 7.68. The molecule has 1 atom stereocenters. The maximum Gasteiger partial charge on any atom is 0.319 e. The highest BCUT2D eigenvalue weighted by Crippen LogP contribution is 2.14. The highest BCUT2D eigenvalue weighted by atomic mass is 32.2. The molecule has 1 unspecified atom stereocenters. The molecule has 0 heterocycles. The van der Waals surface area contributed by atoms with E-state index in [1.807, 2.05) is 0 Å². The number of hydrazine groups is 1. The average Bonchev–Trinajstić information content (AvgIpc) is 2.80. The Bertz CT molecular complexity index is 953. The van der Waals surface area contributed by atoms with Crippen LogP contribution in [0, 0.1) is 5.82 Å². The number of amides is 3. The number of hydrogen-bond acceptors (Lipinski definition) is 7. The molecule has 2 aromatic carbocycles. The van der Waals surface area contributed by atoms with Gasteiger partial charge in [-0.15, -0.1) is 11.8 Å². The van der Waals surface area contributed by atoms with Gasteiger partial charge in [0.1, 0.15) is 16.8 Å². The van der Waals surface area contributed by atoms with E-state index in [4.69, 9.17) is 9.47 Å². The van der Waals surface area contributed by atoms with Crippen LogP contribution in [0.3, 0.4) is 0 Å². The Morgan fingerprint density at radius 2 is 1.62 bits per heavy atom. The van der Waals surface area contributed by atoms with E-state index in [0.717, 1.165) is 11.8 Å². The van der Waals surface area contributed by atoms with Crippen molar-refractivity contribution in [2.45, 2.75) is 12.2 Å². The van der Waals surface area contributed by atoms with Gasteiger partial charge in [0.2, 0.25) is 5.91 Å². The Hall–Kier alpha value is -3.60. The van der Waals surface area contributed by atoms with Crippen molar-refractivity contribution < 1.29 is 33.0 Å². The number of benzene rings is 2. The lowest BCUT2D eigenvalue weighted by atomic mass is 10.2. The topological polar surface area (TPSA) is 123 Å². The van der Waals surface area contributed by atoms with Crippen LogP contribution < -0.4 is 20.9 Å². The molecule has 0 radical (unpaired) electrons. The minimum absolute atomic E-state index is 0.0439. The number of carbonyl (C=O) groups excluding carboxylic acids is 4. The summed E-state index contributed by atoms with van der Waals surface area (Å²) in [6, 6.07) is 11.5. The molecule has 11 heteroatoms. The van der Waals surface area contributed by atoms with E-state index in [2.05, 4.69) is 16.2 Å². The van der Waals surface area contributed by atoms with Crippen molar-refractivity contribution in [3.63, 3.8) is 0 Å². The lowest BCUT2D eigenvalue weighted by molar-refractivity contribution is -0.147. The summed E-state index contributed by atoms with van der Waals surface area (Å²) in [5.74, 6) is -2.23. The van der Waals surface area contributed by atoms with Gasteiger partial charge in [0.05, 0.1) is 12.9 Å².